The molecule has 0 aromatic carbocycles. The Labute approximate surface area is 104 Å². The summed E-state index contributed by atoms with van der Waals surface area (Å²) in [5, 5.41) is 6.49. The number of nitrogens with one attached hydrogen (secondary N) is 1. The van der Waals surface area contributed by atoms with E-state index in [1.165, 1.54) is 6.26 Å². The Morgan fingerprint density at radius 1 is 1.61 bits per heavy atom. The van der Waals surface area contributed by atoms with Gasteiger partial charge in [-0.1, -0.05) is 5.16 Å². The van der Waals surface area contributed by atoms with Gasteiger partial charge < -0.3 is 14.4 Å². The van der Waals surface area contributed by atoms with Crippen LogP contribution in [0.3, 0.4) is 0 Å². The Kier molecular flexibility index (Phi) is 2.84. The lowest BCUT2D eigenvalue weighted by Gasteiger charge is -2.23. The number of hydrogen-bond donors (Lipinski definition) is 1. The molecule has 0 aliphatic carbocycles. The molecule has 1 amide bonds. The molecule has 94 valence electrons. The Balaban J connectivity index is 1.54. The second-order valence-electron chi connectivity index (χ2n) is 4.50. The maximum absolute atomic E-state index is 11.7. The number of nitrogens with zero attached hydrogens (tertiary/aromatic N) is 3. The molecule has 1 unspecified atom stereocenters. The zero-order valence-electron chi connectivity index (χ0n) is 9.87. The first-order valence-electron chi connectivity index (χ1n) is 6.01. The van der Waals surface area contributed by atoms with E-state index in [2.05, 4.69) is 24.5 Å². The molecule has 2 aromatic heterocycles. The SMILES string of the molecule is O=C(NCC1CCc2nccn2C1)c1ccon1. The van der Waals surface area contributed by atoms with Crippen LogP contribution in [0.4, 0.5) is 0 Å². The summed E-state index contributed by atoms with van der Waals surface area (Å²) in [7, 11) is 0. The summed E-state index contributed by atoms with van der Waals surface area (Å²) in [6.07, 6.45) is 7.23. The normalized spacial score (nSPS) is 18.3. The summed E-state index contributed by atoms with van der Waals surface area (Å²) in [5.41, 5.74) is 0.328. The van der Waals surface area contributed by atoms with Crippen molar-refractivity contribution in [1.82, 2.24) is 20.0 Å². The van der Waals surface area contributed by atoms with Crippen molar-refractivity contribution in [2.45, 2.75) is 19.4 Å². The zero-order valence-corrected chi connectivity index (χ0v) is 9.87. The molecule has 0 spiro atoms. The van der Waals surface area contributed by atoms with Crippen molar-refractivity contribution < 1.29 is 9.32 Å². The lowest BCUT2D eigenvalue weighted by atomic mass is 9.99. The van der Waals surface area contributed by atoms with Crippen molar-refractivity contribution in [2.75, 3.05) is 6.54 Å². The van der Waals surface area contributed by atoms with Gasteiger partial charge in [-0.25, -0.2) is 4.98 Å². The highest BCUT2D eigenvalue weighted by Crippen LogP contribution is 2.17. The van der Waals surface area contributed by atoms with Crippen LogP contribution in [0.1, 0.15) is 22.7 Å². The van der Waals surface area contributed by atoms with Crippen molar-refractivity contribution in [1.29, 1.82) is 0 Å². The lowest BCUT2D eigenvalue weighted by molar-refractivity contribution is 0.0934. The van der Waals surface area contributed by atoms with Gasteiger partial charge in [0.15, 0.2) is 5.69 Å². The third-order valence-electron chi connectivity index (χ3n) is 3.25. The van der Waals surface area contributed by atoms with E-state index >= 15 is 0 Å². The van der Waals surface area contributed by atoms with Crippen LogP contribution in [0, 0.1) is 5.92 Å². The minimum Gasteiger partial charge on any atom is -0.364 e. The molecule has 1 N–H and O–H groups in total. The summed E-state index contributed by atoms with van der Waals surface area (Å²) in [4.78, 5) is 16.0. The van der Waals surface area contributed by atoms with E-state index in [9.17, 15) is 4.79 Å². The van der Waals surface area contributed by atoms with Gasteiger partial charge in [0.05, 0.1) is 0 Å². The molecule has 2 aromatic rings. The number of amides is 1. The van der Waals surface area contributed by atoms with Gasteiger partial charge in [0.1, 0.15) is 12.1 Å². The third kappa shape index (κ3) is 2.13. The Morgan fingerprint density at radius 3 is 3.39 bits per heavy atom. The van der Waals surface area contributed by atoms with E-state index in [0.717, 1.165) is 25.2 Å². The molecule has 0 saturated carbocycles. The largest absolute Gasteiger partial charge is 0.364 e. The molecule has 1 aliphatic rings. The number of imidazole rings is 1. The number of hydrogen-bond acceptors (Lipinski definition) is 4. The molecule has 3 rings (SSSR count). The molecular weight excluding hydrogens is 232 g/mol. The van der Waals surface area contributed by atoms with Crippen molar-refractivity contribution in [3.63, 3.8) is 0 Å². The van der Waals surface area contributed by atoms with Gasteiger partial charge in [0.25, 0.3) is 5.91 Å². The standard InChI is InChI=1S/C12H14N4O2/c17-12(10-3-6-18-15-10)14-7-9-1-2-11-13-4-5-16(11)8-9/h3-6,9H,1-2,7-8H2,(H,14,17). The van der Waals surface area contributed by atoms with Crippen molar-refractivity contribution in [3.05, 3.63) is 36.2 Å². The first-order chi connectivity index (χ1) is 8.83. The smallest absolute Gasteiger partial charge is 0.273 e. The van der Waals surface area contributed by atoms with Gasteiger partial charge in [-0.3, -0.25) is 4.79 Å². The predicted molar refractivity (Wildman–Crippen MR) is 62.9 cm³/mol. The molecule has 0 fully saturated rings. The molecule has 6 nitrogen and oxygen atoms in total. The summed E-state index contributed by atoms with van der Waals surface area (Å²) in [5.74, 6) is 1.40. The van der Waals surface area contributed by atoms with Crippen LogP contribution in [0.2, 0.25) is 0 Å². The molecule has 3 heterocycles. The van der Waals surface area contributed by atoms with Crippen LogP contribution in [-0.4, -0.2) is 27.2 Å². The average Bonchev–Trinajstić information content (AvgIpc) is 3.05. The quantitative estimate of drug-likeness (QED) is 0.872. The van der Waals surface area contributed by atoms with Crippen LogP contribution in [0.15, 0.2) is 29.2 Å². The first kappa shape index (κ1) is 11.0. The lowest BCUT2D eigenvalue weighted by Crippen LogP contribution is -2.33. The van der Waals surface area contributed by atoms with Crippen LogP contribution in [-0.2, 0) is 13.0 Å². The van der Waals surface area contributed by atoms with E-state index in [0.29, 0.717) is 18.2 Å². The fourth-order valence-corrected chi connectivity index (χ4v) is 2.26. The second-order valence-corrected chi connectivity index (χ2v) is 4.50. The Bertz CT molecular complexity index is 532. The van der Waals surface area contributed by atoms with Crippen molar-refractivity contribution in [2.24, 2.45) is 5.92 Å². The van der Waals surface area contributed by atoms with E-state index < -0.39 is 0 Å². The number of aryl methyl sites for hydroxylation is 1. The zero-order chi connectivity index (χ0) is 12.4. The van der Waals surface area contributed by atoms with Crippen molar-refractivity contribution in [3.8, 4) is 0 Å². The van der Waals surface area contributed by atoms with E-state index in [1.807, 2.05) is 12.4 Å². The molecule has 0 radical (unpaired) electrons. The van der Waals surface area contributed by atoms with Crippen LogP contribution in [0.5, 0.6) is 0 Å². The fraction of sp³-hybridized carbons (Fsp3) is 0.417. The van der Waals surface area contributed by atoms with Gasteiger partial charge in [-0.2, -0.15) is 0 Å². The highest BCUT2D eigenvalue weighted by atomic mass is 16.5. The molecule has 1 aliphatic heterocycles. The maximum Gasteiger partial charge on any atom is 0.273 e. The number of carbonyl (C=O) groups excluding carboxylic acids is 1. The van der Waals surface area contributed by atoms with Crippen molar-refractivity contribution >= 4 is 5.91 Å². The van der Waals surface area contributed by atoms with Gasteiger partial charge in [0.2, 0.25) is 0 Å². The summed E-state index contributed by atoms with van der Waals surface area (Å²) in [6, 6.07) is 1.56. The monoisotopic (exact) mass is 246 g/mol. The molecule has 6 heteroatoms. The van der Waals surface area contributed by atoms with Crippen LogP contribution >= 0.6 is 0 Å². The summed E-state index contributed by atoms with van der Waals surface area (Å²) >= 11 is 0. The number of fused-ring (bicyclic) bond motifs is 1. The minimum atomic E-state index is -0.180. The molecule has 0 bridgehead atoms. The van der Waals surface area contributed by atoms with E-state index in [1.54, 1.807) is 6.07 Å². The van der Waals surface area contributed by atoms with E-state index in [-0.39, 0.29) is 5.91 Å². The second kappa shape index (κ2) is 4.64. The molecule has 0 saturated heterocycles. The van der Waals surface area contributed by atoms with Gasteiger partial charge in [-0.05, 0) is 12.3 Å². The Hall–Kier alpha value is -2.11. The first-order valence-corrected chi connectivity index (χ1v) is 6.01. The van der Waals surface area contributed by atoms with Gasteiger partial charge in [-0.15, -0.1) is 0 Å². The Morgan fingerprint density at radius 2 is 2.56 bits per heavy atom. The van der Waals surface area contributed by atoms with Crippen LogP contribution < -0.4 is 5.32 Å². The highest BCUT2D eigenvalue weighted by molar-refractivity contribution is 5.91. The third-order valence-corrected chi connectivity index (χ3v) is 3.25. The summed E-state index contributed by atoms with van der Waals surface area (Å²) in [6.45, 7) is 1.57. The molecule has 1 atom stereocenters. The fourth-order valence-electron chi connectivity index (χ4n) is 2.26. The number of aromatic nitrogens is 3. The van der Waals surface area contributed by atoms with Crippen LogP contribution in [0.25, 0.3) is 0 Å². The highest BCUT2D eigenvalue weighted by Gasteiger charge is 2.19. The maximum atomic E-state index is 11.7. The van der Waals surface area contributed by atoms with E-state index in [4.69, 9.17) is 0 Å². The van der Waals surface area contributed by atoms with Gasteiger partial charge >= 0.3 is 0 Å². The average molecular weight is 246 g/mol. The topological polar surface area (TPSA) is 73.0 Å². The predicted octanol–water partition coefficient (Wildman–Crippen LogP) is 0.863. The molecular formula is C12H14N4O2. The van der Waals surface area contributed by atoms with Gasteiger partial charge in [0, 0.05) is 38.0 Å². The number of carbonyl (C=O) groups is 1. The number of rotatable bonds is 3. The molecule has 18 heavy (non-hydrogen) atoms. The summed E-state index contributed by atoms with van der Waals surface area (Å²) < 4.78 is 6.79. The minimum absolute atomic E-state index is 0.180.